The fourth-order valence-electron chi connectivity index (χ4n) is 3.87. The van der Waals surface area contributed by atoms with Crippen molar-refractivity contribution in [3.63, 3.8) is 0 Å². The average Bonchev–Trinajstić information content (AvgIpc) is 2.91. The molecule has 1 aromatic heterocycles. The minimum Gasteiger partial charge on any atom is -0.444 e. The second kappa shape index (κ2) is 5.46. The van der Waals surface area contributed by atoms with E-state index in [4.69, 9.17) is 4.74 Å². The maximum Gasteiger partial charge on any atom is 0.410 e. The van der Waals surface area contributed by atoms with Gasteiger partial charge in [-0.3, -0.25) is 9.89 Å². The van der Waals surface area contributed by atoms with E-state index in [0.717, 1.165) is 16.5 Å². The number of aromatic nitrogens is 2. The van der Waals surface area contributed by atoms with Gasteiger partial charge in [-0.15, -0.1) is 0 Å². The molecule has 2 aliphatic rings. The monoisotopic (exact) mass is 356 g/mol. The third kappa shape index (κ3) is 2.81. The standard InChI is InChI=1S/C19H24N4O3/c1-12-5-13(6-14-7-20-21-15(12)14)16(24)22-8-19(9-22)10-23(11-19)17(25)26-18(2,3)4/h5-7H,8-11H2,1-4H3,(H,20,21). The van der Waals surface area contributed by atoms with Gasteiger partial charge in [0.05, 0.1) is 11.7 Å². The Bertz CT molecular complexity index is 882. The van der Waals surface area contributed by atoms with Gasteiger partial charge in [0.1, 0.15) is 5.60 Å². The quantitative estimate of drug-likeness (QED) is 0.852. The zero-order chi connectivity index (χ0) is 18.7. The number of amides is 2. The summed E-state index contributed by atoms with van der Waals surface area (Å²) in [5, 5.41) is 7.94. The van der Waals surface area contributed by atoms with Gasteiger partial charge in [-0.25, -0.2) is 4.79 Å². The van der Waals surface area contributed by atoms with Crippen LogP contribution in [0.4, 0.5) is 4.79 Å². The first-order valence-electron chi connectivity index (χ1n) is 8.87. The van der Waals surface area contributed by atoms with Crippen LogP contribution in [0.1, 0.15) is 36.7 Å². The van der Waals surface area contributed by atoms with Crippen LogP contribution in [0.5, 0.6) is 0 Å². The molecule has 2 aromatic rings. The van der Waals surface area contributed by atoms with Gasteiger partial charge in [-0.2, -0.15) is 5.10 Å². The van der Waals surface area contributed by atoms with E-state index < -0.39 is 5.60 Å². The van der Waals surface area contributed by atoms with Gasteiger partial charge in [0.2, 0.25) is 0 Å². The maximum absolute atomic E-state index is 12.8. The second-order valence-electron chi connectivity index (χ2n) is 8.62. The number of likely N-dealkylation sites (tertiary alicyclic amines) is 2. The molecule has 2 saturated heterocycles. The molecule has 26 heavy (non-hydrogen) atoms. The van der Waals surface area contributed by atoms with Crippen molar-refractivity contribution >= 4 is 22.9 Å². The molecule has 2 aliphatic heterocycles. The average molecular weight is 356 g/mol. The maximum atomic E-state index is 12.8. The highest BCUT2D eigenvalue weighted by Crippen LogP contribution is 2.41. The number of H-pyrrole nitrogens is 1. The van der Waals surface area contributed by atoms with Crippen LogP contribution in [0.2, 0.25) is 0 Å². The summed E-state index contributed by atoms with van der Waals surface area (Å²) >= 11 is 0. The predicted molar refractivity (Wildman–Crippen MR) is 97.0 cm³/mol. The van der Waals surface area contributed by atoms with Crippen molar-refractivity contribution < 1.29 is 14.3 Å². The zero-order valence-electron chi connectivity index (χ0n) is 15.6. The number of nitrogens with one attached hydrogen (secondary N) is 1. The molecular weight excluding hydrogens is 332 g/mol. The summed E-state index contributed by atoms with van der Waals surface area (Å²) in [6.07, 6.45) is 1.47. The van der Waals surface area contributed by atoms with Crippen LogP contribution in [-0.4, -0.2) is 63.8 Å². The van der Waals surface area contributed by atoms with E-state index in [0.29, 0.717) is 31.7 Å². The summed E-state index contributed by atoms with van der Waals surface area (Å²) in [6, 6.07) is 3.79. The minimum atomic E-state index is -0.481. The predicted octanol–water partition coefficient (Wildman–Crippen LogP) is 2.56. The van der Waals surface area contributed by atoms with E-state index in [1.165, 1.54) is 0 Å². The molecule has 0 radical (unpaired) electrons. The van der Waals surface area contributed by atoms with E-state index in [-0.39, 0.29) is 17.4 Å². The Balaban J connectivity index is 1.36. The number of ether oxygens (including phenoxy) is 1. The lowest BCUT2D eigenvalue weighted by atomic mass is 9.73. The van der Waals surface area contributed by atoms with Crippen LogP contribution in [0.15, 0.2) is 18.3 Å². The first kappa shape index (κ1) is 16.9. The molecule has 7 nitrogen and oxygen atoms in total. The smallest absolute Gasteiger partial charge is 0.410 e. The van der Waals surface area contributed by atoms with Crippen molar-refractivity contribution in [1.82, 2.24) is 20.0 Å². The third-order valence-corrected chi connectivity index (χ3v) is 5.04. The van der Waals surface area contributed by atoms with Crippen molar-refractivity contribution in [3.8, 4) is 0 Å². The van der Waals surface area contributed by atoms with Gasteiger partial charge in [0.15, 0.2) is 0 Å². The van der Waals surface area contributed by atoms with Gasteiger partial charge < -0.3 is 14.5 Å². The summed E-state index contributed by atoms with van der Waals surface area (Å²) in [7, 11) is 0. The van der Waals surface area contributed by atoms with Crippen LogP contribution in [0.3, 0.4) is 0 Å². The van der Waals surface area contributed by atoms with Crippen LogP contribution >= 0.6 is 0 Å². The number of carbonyl (C=O) groups is 2. The van der Waals surface area contributed by atoms with Crippen molar-refractivity contribution in [2.75, 3.05) is 26.2 Å². The topological polar surface area (TPSA) is 78.5 Å². The van der Waals surface area contributed by atoms with Gasteiger partial charge in [-0.05, 0) is 45.4 Å². The van der Waals surface area contributed by atoms with E-state index in [1.54, 1.807) is 11.1 Å². The number of carbonyl (C=O) groups excluding carboxylic acids is 2. The molecule has 4 rings (SSSR count). The highest BCUT2D eigenvalue weighted by Gasteiger charge is 2.55. The Labute approximate surface area is 152 Å². The highest BCUT2D eigenvalue weighted by molar-refractivity contribution is 5.99. The SMILES string of the molecule is Cc1cc(C(=O)N2CC3(CN(C(=O)OC(C)(C)C)C3)C2)cc2cn[nH]c12. The summed E-state index contributed by atoms with van der Waals surface area (Å²) < 4.78 is 5.39. The first-order chi connectivity index (χ1) is 12.2. The molecule has 1 N–H and O–H groups in total. The number of aryl methyl sites for hydroxylation is 1. The molecular formula is C19H24N4O3. The summed E-state index contributed by atoms with van der Waals surface area (Å²) in [4.78, 5) is 28.4. The Kier molecular flexibility index (Phi) is 3.54. The number of fused-ring (bicyclic) bond motifs is 1. The van der Waals surface area contributed by atoms with Gasteiger partial charge >= 0.3 is 6.09 Å². The van der Waals surface area contributed by atoms with Crippen LogP contribution in [-0.2, 0) is 4.74 Å². The van der Waals surface area contributed by atoms with Gasteiger partial charge in [0, 0.05) is 42.5 Å². The zero-order valence-corrected chi connectivity index (χ0v) is 15.6. The van der Waals surface area contributed by atoms with Crippen molar-refractivity contribution in [2.24, 2.45) is 5.41 Å². The Morgan fingerprint density at radius 1 is 1.15 bits per heavy atom. The summed E-state index contributed by atoms with van der Waals surface area (Å²) in [5.41, 5.74) is 2.23. The lowest BCUT2D eigenvalue weighted by molar-refractivity contribution is -0.0980. The molecule has 1 spiro atoms. The molecule has 0 atom stereocenters. The Hall–Kier alpha value is -2.57. The van der Waals surface area contributed by atoms with Crippen LogP contribution < -0.4 is 0 Å². The second-order valence-corrected chi connectivity index (χ2v) is 8.62. The number of rotatable bonds is 1. The Morgan fingerprint density at radius 3 is 2.46 bits per heavy atom. The number of nitrogens with zero attached hydrogens (tertiary/aromatic N) is 3. The lowest BCUT2D eigenvalue weighted by Gasteiger charge is -2.59. The van der Waals surface area contributed by atoms with Crippen molar-refractivity contribution in [1.29, 1.82) is 0 Å². The molecule has 138 valence electrons. The van der Waals surface area contributed by atoms with Crippen LogP contribution in [0, 0.1) is 12.3 Å². The molecule has 2 fully saturated rings. The van der Waals surface area contributed by atoms with Gasteiger partial charge in [-0.1, -0.05) is 0 Å². The van der Waals surface area contributed by atoms with E-state index in [9.17, 15) is 9.59 Å². The molecule has 0 bridgehead atoms. The normalized spacial score (nSPS) is 18.6. The lowest BCUT2D eigenvalue weighted by Crippen LogP contribution is -2.73. The highest BCUT2D eigenvalue weighted by atomic mass is 16.6. The van der Waals surface area contributed by atoms with E-state index in [1.807, 2.05) is 44.7 Å². The van der Waals surface area contributed by atoms with E-state index in [2.05, 4.69) is 10.2 Å². The number of hydrogen-bond donors (Lipinski definition) is 1. The number of benzene rings is 1. The van der Waals surface area contributed by atoms with E-state index >= 15 is 0 Å². The van der Waals surface area contributed by atoms with Crippen molar-refractivity contribution in [3.05, 3.63) is 29.5 Å². The molecule has 0 unspecified atom stereocenters. The largest absolute Gasteiger partial charge is 0.444 e. The first-order valence-corrected chi connectivity index (χ1v) is 8.87. The van der Waals surface area contributed by atoms with Gasteiger partial charge in [0.25, 0.3) is 5.91 Å². The Morgan fingerprint density at radius 2 is 1.81 bits per heavy atom. The molecule has 1 aromatic carbocycles. The number of hydrogen-bond acceptors (Lipinski definition) is 4. The number of aromatic amines is 1. The summed E-state index contributed by atoms with van der Waals surface area (Å²) in [5.74, 6) is 0.0394. The van der Waals surface area contributed by atoms with Crippen molar-refractivity contribution in [2.45, 2.75) is 33.3 Å². The molecule has 2 amide bonds. The molecule has 0 aliphatic carbocycles. The molecule has 0 saturated carbocycles. The molecule has 3 heterocycles. The fourth-order valence-corrected chi connectivity index (χ4v) is 3.87. The third-order valence-electron chi connectivity index (χ3n) is 5.04. The summed E-state index contributed by atoms with van der Waals surface area (Å²) in [6.45, 7) is 10.3. The fraction of sp³-hybridized carbons (Fsp3) is 0.526. The van der Waals surface area contributed by atoms with Crippen LogP contribution in [0.25, 0.3) is 10.9 Å². The minimum absolute atomic E-state index is 0.0394. The molecule has 7 heteroatoms.